The third kappa shape index (κ3) is 6.73. The van der Waals surface area contributed by atoms with Crippen molar-refractivity contribution < 1.29 is 23.4 Å². The summed E-state index contributed by atoms with van der Waals surface area (Å²) in [6, 6.07) is 8.42. The molecule has 0 radical (unpaired) electrons. The molecule has 0 saturated carbocycles. The van der Waals surface area contributed by atoms with Crippen LogP contribution in [-0.2, 0) is 30.0 Å². The normalized spacial score (nSPS) is 16.2. The van der Waals surface area contributed by atoms with Crippen LogP contribution in [0.2, 0.25) is 0 Å². The fourth-order valence-electron chi connectivity index (χ4n) is 1.89. The number of carbonyl (C=O) groups is 2. The molecule has 8 heteroatoms. The average Bonchev–Trinajstić information content (AvgIpc) is 2.50. The molecular weight excluding hydrogens is 353 g/mol. The van der Waals surface area contributed by atoms with Gasteiger partial charge in [-0.3, -0.25) is 14.2 Å². The summed E-state index contributed by atoms with van der Waals surface area (Å²) in [5.74, 6) is -0.839. The minimum absolute atomic E-state index is 0.0140. The summed E-state index contributed by atoms with van der Waals surface area (Å²) in [5.41, 5.74) is 5.32. The van der Waals surface area contributed by atoms with Crippen molar-refractivity contribution in [2.75, 3.05) is 0 Å². The van der Waals surface area contributed by atoms with E-state index in [2.05, 4.69) is 4.52 Å². The van der Waals surface area contributed by atoms with Gasteiger partial charge in [0.05, 0.1) is 25.2 Å². The van der Waals surface area contributed by atoms with E-state index in [0.717, 1.165) is 5.56 Å². The number of benzene rings is 1. The van der Waals surface area contributed by atoms with E-state index in [1.807, 2.05) is 44.2 Å². The summed E-state index contributed by atoms with van der Waals surface area (Å²) in [4.78, 5) is 23.6. The molecule has 0 saturated heterocycles. The standard InChI is InChI=1S/C16H23ClNO5P/c1-11(2)14(22-10-13-7-5-4-6-8-13)9-15(19)23-24(17,21)16(20)12(3)18/h4-8,11-12,14H,9-10,18H2,1-3H3/t12-,14?,24?/m0/s1. The quantitative estimate of drug-likeness (QED) is 0.664. The lowest BCUT2D eigenvalue weighted by Crippen LogP contribution is -2.28. The molecule has 6 nitrogen and oxygen atoms in total. The molecule has 2 N–H and O–H groups in total. The van der Waals surface area contributed by atoms with Gasteiger partial charge >= 0.3 is 12.7 Å². The number of halogens is 1. The Morgan fingerprint density at radius 3 is 2.29 bits per heavy atom. The van der Waals surface area contributed by atoms with Gasteiger partial charge in [-0.05, 0) is 29.6 Å². The van der Waals surface area contributed by atoms with Crippen LogP contribution in [0.1, 0.15) is 32.8 Å². The highest BCUT2D eigenvalue weighted by Gasteiger charge is 2.37. The van der Waals surface area contributed by atoms with E-state index in [9.17, 15) is 14.2 Å². The van der Waals surface area contributed by atoms with Gasteiger partial charge in [0.2, 0.25) is 0 Å². The van der Waals surface area contributed by atoms with Crippen LogP contribution >= 0.6 is 18.0 Å². The molecule has 2 unspecified atom stereocenters. The highest BCUT2D eigenvalue weighted by atomic mass is 35.7. The monoisotopic (exact) mass is 375 g/mol. The maximum atomic E-state index is 12.0. The van der Waals surface area contributed by atoms with E-state index in [4.69, 9.17) is 21.7 Å². The minimum Gasteiger partial charge on any atom is -0.395 e. The molecule has 0 aliphatic heterocycles. The highest BCUT2D eigenvalue weighted by Crippen LogP contribution is 2.54. The molecule has 0 heterocycles. The van der Waals surface area contributed by atoms with E-state index in [-0.39, 0.29) is 12.3 Å². The molecule has 0 spiro atoms. The van der Waals surface area contributed by atoms with Crippen LogP contribution in [-0.4, -0.2) is 23.6 Å². The largest absolute Gasteiger partial charge is 0.405 e. The van der Waals surface area contributed by atoms with Crippen molar-refractivity contribution in [3.8, 4) is 0 Å². The van der Waals surface area contributed by atoms with E-state index >= 15 is 0 Å². The van der Waals surface area contributed by atoms with Crippen molar-refractivity contribution >= 4 is 29.5 Å². The van der Waals surface area contributed by atoms with Crippen molar-refractivity contribution in [1.82, 2.24) is 0 Å². The van der Waals surface area contributed by atoms with Crippen LogP contribution < -0.4 is 5.73 Å². The van der Waals surface area contributed by atoms with Crippen molar-refractivity contribution in [2.24, 2.45) is 11.7 Å². The second-order valence-corrected chi connectivity index (χ2v) is 8.77. The third-order valence-electron chi connectivity index (χ3n) is 3.29. The molecular formula is C16H23ClNO5P. The smallest absolute Gasteiger partial charge is 0.395 e. The number of hydrogen-bond donors (Lipinski definition) is 1. The molecule has 0 aliphatic carbocycles. The van der Waals surface area contributed by atoms with Crippen LogP contribution in [0.3, 0.4) is 0 Å². The first-order valence-corrected chi connectivity index (χ1v) is 10.1. The number of hydrogen-bond acceptors (Lipinski definition) is 6. The van der Waals surface area contributed by atoms with Crippen molar-refractivity contribution in [3.63, 3.8) is 0 Å². The third-order valence-corrected chi connectivity index (χ3v) is 5.37. The summed E-state index contributed by atoms with van der Waals surface area (Å²) in [6.45, 7) is 1.17. The molecule has 3 atom stereocenters. The molecule has 0 aliphatic rings. The van der Waals surface area contributed by atoms with Crippen LogP contribution in [0.15, 0.2) is 30.3 Å². The van der Waals surface area contributed by atoms with E-state index in [1.54, 1.807) is 0 Å². The lowest BCUT2D eigenvalue weighted by Gasteiger charge is -2.21. The Hall–Kier alpha value is -1.20. The van der Waals surface area contributed by atoms with Gasteiger partial charge in [-0.1, -0.05) is 44.2 Å². The highest BCUT2D eigenvalue weighted by molar-refractivity contribution is 7.98. The van der Waals surface area contributed by atoms with Gasteiger partial charge in [0.1, 0.15) is 0 Å². The van der Waals surface area contributed by atoms with Crippen LogP contribution in [0.4, 0.5) is 0 Å². The molecule has 0 amide bonds. The van der Waals surface area contributed by atoms with E-state index < -0.39 is 30.4 Å². The van der Waals surface area contributed by atoms with Crippen LogP contribution in [0.5, 0.6) is 0 Å². The maximum Gasteiger partial charge on any atom is 0.405 e. The van der Waals surface area contributed by atoms with Crippen LogP contribution in [0.25, 0.3) is 0 Å². The first-order chi connectivity index (χ1) is 11.1. The molecule has 1 aromatic carbocycles. The zero-order valence-electron chi connectivity index (χ0n) is 14.0. The molecule has 0 bridgehead atoms. The minimum atomic E-state index is -4.26. The molecule has 24 heavy (non-hydrogen) atoms. The Labute approximate surface area is 146 Å². The number of rotatable bonds is 9. The van der Waals surface area contributed by atoms with Gasteiger partial charge in [-0.2, -0.15) is 0 Å². The Bertz CT molecular complexity index is 606. The van der Waals surface area contributed by atoms with Gasteiger partial charge in [0.15, 0.2) is 0 Å². The average molecular weight is 376 g/mol. The Morgan fingerprint density at radius 1 is 1.21 bits per heavy atom. The second-order valence-electron chi connectivity index (χ2n) is 5.85. The fraction of sp³-hybridized carbons (Fsp3) is 0.500. The summed E-state index contributed by atoms with van der Waals surface area (Å²) < 4.78 is 22.4. The van der Waals surface area contributed by atoms with Gasteiger partial charge in [-0.25, -0.2) is 0 Å². The summed E-state index contributed by atoms with van der Waals surface area (Å²) in [7, 11) is 0. The van der Waals surface area contributed by atoms with Gasteiger partial charge in [0.25, 0.3) is 5.52 Å². The van der Waals surface area contributed by atoms with Gasteiger partial charge < -0.3 is 15.0 Å². The first-order valence-electron chi connectivity index (χ1n) is 7.61. The number of nitrogens with two attached hydrogens (primary N) is 1. The Balaban J connectivity index is 2.63. The second kappa shape index (κ2) is 9.33. The summed E-state index contributed by atoms with van der Waals surface area (Å²) in [5, 5.41) is 0. The summed E-state index contributed by atoms with van der Waals surface area (Å²) in [6.07, 6.45) is -0.618. The van der Waals surface area contributed by atoms with Crippen molar-refractivity contribution in [3.05, 3.63) is 35.9 Å². The van der Waals surface area contributed by atoms with E-state index in [1.165, 1.54) is 6.92 Å². The van der Waals surface area contributed by atoms with E-state index in [0.29, 0.717) is 6.61 Å². The number of carbonyl (C=O) groups excluding carboxylic acids is 2. The molecule has 1 aromatic rings. The fourth-order valence-corrected chi connectivity index (χ4v) is 3.49. The first kappa shape index (κ1) is 20.8. The molecule has 1 rings (SSSR count). The van der Waals surface area contributed by atoms with Gasteiger partial charge in [0, 0.05) is 0 Å². The lowest BCUT2D eigenvalue weighted by atomic mass is 10.0. The molecule has 0 fully saturated rings. The zero-order valence-corrected chi connectivity index (χ0v) is 15.6. The topological polar surface area (TPSA) is 95.7 Å². The van der Waals surface area contributed by atoms with Gasteiger partial charge in [-0.15, -0.1) is 0 Å². The maximum absolute atomic E-state index is 12.0. The zero-order chi connectivity index (χ0) is 18.3. The Kier molecular flexibility index (Phi) is 8.10. The predicted molar refractivity (Wildman–Crippen MR) is 92.7 cm³/mol. The van der Waals surface area contributed by atoms with Crippen molar-refractivity contribution in [1.29, 1.82) is 0 Å². The molecule has 134 valence electrons. The SMILES string of the molecule is CC(C)C(CC(=O)OP(=O)(Cl)C(=O)[C@H](C)N)OCc1ccccc1. The summed E-state index contributed by atoms with van der Waals surface area (Å²) >= 11 is 5.55. The van der Waals surface area contributed by atoms with Crippen LogP contribution in [0, 0.1) is 5.92 Å². The predicted octanol–water partition coefficient (Wildman–Crippen LogP) is 3.47. The van der Waals surface area contributed by atoms with Crippen molar-refractivity contribution in [2.45, 2.75) is 45.9 Å². The number of ether oxygens (including phenoxy) is 1. The Morgan fingerprint density at radius 2 is 1.79 bits per heavy atom. The lowest BCUT2D eigenvalue weighted by molar-refractivity contribution is -0.139. The molecule has 0 aromatic heterocycles.